The highest BCUT2D eigenvalue weighted by Crippen LogP contribution is 2.40. The molecule has 4 fully saturated rings. The number of aryl methyl sites for hydroxylation is 1. The number of hydrogen-bond acceptors (Lipinski definition) is 7. The fourth-order valence-electron chi connectivity index (χ4n) is 6.42. The minimum atomic E-state index is -0.472. The van der Waals surface area contributed by atoms with E-state index in [2.05, 4.69) is 24.1 Å². The van der Waals surface area contributed by atoms with Crippen molar-refractivity contribution in [3.8, 4) is 0 Å². The molecule has 33 heavy (non-hydrogen) atoms. The van der Waals surface area contributed by atoms with Crippen molar-refractivity contribution >= 4 is 17.4 Å². The number of piperidine rings is 1. The molecule has 0 aromatic carbocycles. The molecular weight excluding hydrogens is 418 g/mol. The van der Waals surface area contributed by atoms with Crippen molar-refractivity contribution in [1.29, 1.82) is 0 Å². The number of likely N-dealkylation sites (tertiary alicyclic amines) is 1. The summed E-state index contributed by atoms with van der Waals surface area (Å²) in [6.07, 6.45) is 11.4. The van der Waals surface area contributed by atoms with Crippen LogP contribution in [-0.2, 0) is 9.63 Å². The highest BCUT2D eigenvalue weighted by atomic mass is 16.7. The van der Waals surface area contributed by atoms with Crippen LogP contribution < -0.4 is 10.7 Å². The molecule has 3 saturated heterocycles. The van der Waals surface area contributed by atoms with E-state index >= 15 is 0 Å². The number of aromatic nitrogens is 3. The Morgan fingerprint density at radius 3 is 2.67 bits per heavy atom. The van der Waals surface area contributed by atoms with Gasteiger partial charge in [-0.2, -0.15) is 5.10 Å². The fraction of sp³-hybridized carbons (Fsp3) is 0.708. The number of hydrogen-bond donors (Lipinski definition) is 1. The summed E-state index contributed by atoms with van der Waals surface area (Å²) in [5.41, 5.74) is 2.92. The van der Waals surface area contributed by atoms with E-state index in [-0.39, 0.29) is 23.9 Å². The van der Waals surface area contributed by atoms with Crippen molar-refractivity contribution in [2.75, 3.05) is 24.5 Å². The maximum Gasteiger partial charge on any atom is 0.254 e. The van der Waals surface area contributed by atoms with Gasteiger partial charge in [-0.15, -0.1) is 5.17 Å². The maximum atomic E-state index is 13.7. The third-order valence-corrected chi connectivity index (χ3v) is 8.13. The highest BCUT2D eigenvalue weighted by Gasteiger charge is 2.49. The maximum absolute atomic E-state index is 13.7. The van der Waals surface area contributed by atoms with E-state index in [1.807, 2.05) is 9.42 Å². The van der Waals surface area contributed by atoms with Gasteiger partial charge in [-0.25, -0.2) is 15.3 Å². The van der Waals surface area contributed by atoms with Crippen LogP contribution in [0.3, 0.4) is 0 Å². The number of rotatable bonds is 3. The van der Waals surface area contributed by atoms with Crippen molar-refractivity contribution in [3.05, 3.63) is 23.5 Å². The summed E-state index contributed by atoms with van der Waals surface area (Å²) in [5, 5.41) is 6.35. The number of nitrogens with zero attached hydrogens (tertiary/aromatic N) is 6. The average molecular weight is 454 g/mol. The second-order valence-corrected chi connectivity index (χ2v) is 10.3. The van der Waals surface area contributed by atoms with E-state index in [1.165, 1.54) is 18.0 Å². The average Bonchev–Trinajstić information content (AvgIpc) is 3.57. The Morgan fingerprint density at radius 2 is 1.82 bits per heavy atom. The zero-order valence-electron chi connectivity index (χ0n) is 19.5. The molecule has 6 rings (SSSR count). The van der Waals surface area contributed by atoms with Crippen LogP contribution in [-0.4, -0.2) is 62.4 Å². The Bertz CT molecular complexity index is 1030. The number of nitrogens with two attached hydrogens (primary N) is 1. The normalized spacial score (nSPS) is 30.8. The van der Waals surface area contributed by atoms with Gasteiger partial charge in [-0.05, 0) is 51.9 Å². The second kappa shape index (κ2) is 8.52. The Hall–Kier alpha value is -2.23. The second-order valence-electron chi connectivity index (χ2n) is 10.3. The largest absolute Gasteiger partial charge is 0.356 e. The van der Waals surface area contributed by atoms with E-state index < -0.39 is 6.10 Å². The molecule has 3 unspecified atom stereocenters. The number of amides is 1. The van der Waals surface area contributed by atoms with Crippen molar-refractivity contribution in [3.63, 3.8) is 0 Å². The van der Waals surface area contributed by atoms with Gasteiger partial charge in [0.05, 0.1) is 17.8 Å². The minimum absolute atomic E-state index is 0.0408. The van der Waals surface area contributed by atoms with Crippen LogP contribution in [0.2, 0.25) is 0 Å². The summed E-state index contributed by atoms with van der Waals surface area (Å²) < 4.78 is 1.88. The molecule has 3 aliphatic heterocycles. The molecule has 0 radical (unpaired) electrons. The van der Waals surface area contributed by atoms with Gasteiger partial charge >= 0.3 is 0 Å². The van der Waals surface area contributed by atoms with Crippen molar-refractivity contribution in [2.45, 2.75) is 82.9 Å². The summed E-state index contributed by atoms with van der Waals surface area (Å²) in [5.74, 6) is 7.46. The first kappa shape index (κ1) is 21.3. The Morgan fingerprint density at radius 1 is 1.06 bits per heavy atom. The van der Waals surface area contributed by atoms with Gasteiger partial charge in [0.25, 0.3) is 5.91 Å². The molecule has 1 aliphatic carbocycles. The van der Waals surface area contributed by atoms with Crippen molar-refractivity contribution in [1.82, 2.24) is 24.7 Å². The van der Waals surface area contributed by atoms with Crippen LogP contribution in [0, 0.1) is 12.8 Å². The van der Waals surface area contributed by atoms with E-state index in [4.69, 9.17) is 20.8 Å². The van der Waals surface area contributed by atoms with Crippen LogP contribution in [0.1, 0.15) is 75.1 Å². The monoisotopic (exact) mass is 453 g/mol. The molecule has 4 aliphatic rings. The molecule has 9 heteroatoms. The number of fused-ring (bicyclic) bond motifs is 2. The summed E-state index contributed by atoms with van der Waals surface area (Å²) >= 11 is 0. The topological polar surface area (TPSA) is 92.2 Å². The smallest absolute Gasteiger partial charge is 0.254 e. The van der Waals surface area contributed by atoms with Gasteiger partial charge in [-0.1, -0.05) is 12.8 Å². The first-order chi connectivity index (χ1) is 16.1. The molecule has 178 valence electrons. The molecule has 0 spiro atoms. The summed E-state index contributed by atoms with van der Waals surface area (Å²) in [7, 11) is 0. The highest BCUT2D eigenvalue weighted by molar-refractivity contribution is 5.82. The van der Waals surface area contributed by atoms with Crippen LogP contribution >= 0.6 is 0 Å². The lowest BCUT2D eigenvalue weighted by molar-refractivity contribution is -0.185. The summed E-state index contributed by atoms with van der Waals surface area (Å²) in [6.45, 7) is 4.98. The molecule has 0 bridgehead atoms. The molecule has 9 nitrogen and oxygen atoms in total. The lowest BCUT2D eigenvalue weighted by atomic mass is 9.81. The first-order valence-corrected chi connectivity index (χ1v) is 12.7. The molecular formula is C24H35N7O2. The number of anilines is 1. The van der Waals surface area contributed by atoms with E-state index in [0.717, 1.165) is 87.3 Å². The standard InChI is InChI=1S/C24H35N7O2/c1-16-15-30-21(26-23(16)28-11-6-7-12-28)14-18(27-30)20-10-4-5-13-29(20)24(32)22-17-8-2-3-9-19(17)31(25)33-22/h14-15,17,19-20,22H,2-13,25H2,1H3/t17?,19?,20-,22?/m0/s1. The van der Waals surface area contributed by atoms with Gasteiger partial charge in [-0.3, -0.25) is 9.63 Å². The lowest BCUT2D eigenvalue weighted by Crippen LogP contribution is -2.47. The molecule has 5 heterocycles. The Balaban J connectivity index is 1.28. The predicted octanol–water partition coefficient (Wildman–Crippen LogP) is 2.74. The molecule has 2 aromatic rings. The third-order valence-electron chi connectivity index (χ3n) is 8.13. The van der Waals surface area contributed by atoms with Crippen LogP contribution in [0.15, 0.2) is 12.3 Å². The van der Waals surface area contributed by atoms with Gasteiger partial charge in [0.1, 0.15) is 5.82 Å². The summed E-state index contributed by atoms with van der Waals surface area (Å²) in [6, 6.07) is 2.19. The summed E-state index contributed by atoms with van der Waals surface area (Å²) in [4.78, 5) is 29.0. The third kappa shape index (κ3) is 3.70. The van der Waals surface area contributed by atoms with Crippen LogP contribution in [0.5, 0.6) is 0 Å². The predicted molar refractivity (Wildman–Crippen MR) is 124 cm³/mol. The SMILES string of the molecule is Cc1cn2nc([C@@H]3CCCCN3C(=O)C3ON(N)C4CCCCC34)cc2nc1N1CCCC1. The quantitative estimate of drug-likeness (QED) is 0.715. The lowest BCUT2D eigenvalue weighted by Gasteiger charge is -2.37. The molecule has 1 saturated carbocycles. The molecule has 2 N–H and O–H groups in total. The van der Waals surface area contributed by atoms with Crippen molar-refractivity contribution in [2.24, 2.45) is 11.8 Å². The fourth-order valence-corrected chi connectivity index (χ4v) is 6.42. The zero-order valence-corrected chi connectivity index (χ0v) is 19.5. The number of hydrazine groups is 1. The zero-order chi connectivity index (χ0) is 22.5. The number of hydroxylamine groups is 1. The Kier molecular flexibility index (Phi) is 5.50. The number of carbonyl (C=O) groups excluding carboxylic acids is 1. The van der Waals surface area contributed by atoms with Gasteiger partial charge in [0.2, 0.25) is 0 Å². The van der Waals surface area contributed by atoms with Gasteiger partial charge in [0.15, 0.2) is 11.8 Å². The molecule has 2 aromatic heterocycles. The van der Waals surface area contributed by atoms with Gasteiger partial charge < -0.3 is 9.80 Å². The number of carbonyl (C=O) groups is 1. The minimum Gasteiger partial charge on any atom is -0.356 e. The van der Waals surface area contributed by atoms with Crippen molar-refractivity contribution < 1.29 is 9.63 Å². The molecule has 1 amide bonds. The van der Waals surface area contributed by atoms with Gasteiger partial charge in [0, 0.05) is 43.4 Å². The Labute approximate surface area is 194 Å². The van der Waals surface area contributed by atoms with E-state index in [9.17, 15) is 4.79 Å². The van der Waals surface area contributed by atoms with E-state index in [1.54, 1.807) is 0 Å². The molecule has 4 atom stereocenters. The van der Waals surface area contributed by atoms with E-state index in [0.29, 0.717) is 0 Å². The van der Waals surface area contributed by atoms with Crippen LogP contribution in [0.4, 0.5) is 5.82 Å². The van der Waals surface area contributed by atoms with Crippen LogP contribution in [0.25, 0.3) is 5.65 Å². The first-order valence-electron chi connectivity index (χ1n) is 12.7.